The monoisotopic (exact) mass is 215 g/mol. The fourth-order valence-electron chi connectivity index (χ4n) is 1.59. The average Bonchev–Trinajstić information content (AvgIpc) is 2.86. The standard InChI is InChI=1S/C9H9N7/c1-15-8-6(4-13-15)9(12-5-11-8)16-3-2-7(10)14-16/h2-5H,1H3,(H2,10,14). The van der Waals surface area contributed by atoms with E-state index in [0.717, 1.165) is 11.0 Å². The molecule has 0 aliphatic rings. The molecule has 0 aliphatic heterocycles. The van der Waals surface area contributed by atoms with Crippen molar-refractivity contribution in [2.24, 2.45) is 7.05 Å². The lowest BCUT2D eigenvalue weighted by Crippen LogP contribution is -2.01. The van der Waals surface area contributed by atoms with Gasteiger partial charge >= 0.3 is 0 Å². The first-order valence-electron chi connectivity index (χ1n) is 4.70. The molecule has 0 saturated carbocycles. The van der Waals surface area contributed by atoms with Gasteiger partial charge in [0.25, 0.3) is 0 Å². The third-order valence-corrected chi connectivity index (χ3v) is 2.34. The molecule has 3 aromatic heterocycles. The fourth-order valence-corrected chi connectivity index (χ4v) is 1.59. The summed E-state index contributed by atoms with van der Waals surface area (Å²) < 4.78 is 3.30. The van der Waals surface area contributed by atoms with Gasteiger partial charge in [0.1, 0.15) is 12.1 Å². The first kappa shape index (κ1) is 8.84. The second kappa shape index (κ2) is 3.02. The van der Waals surface area contributed by atoms with E-state index in [1.54, 1.807) is 27.8 Å². The topological polar surface area (TPSA) is 87.4 Å². The highest BCUT2D eigenvalue weighted by atomic mass is 15.3. The molecule has 3 aromatic rings. The molecule has 0 bridgehead atoms. The predicted octanol–water partition coefficient (Wildman–Crippen LogP) is 0.131. The van der Waals surface area contributed by atoms with E-state index in [4.69, 9.17) is 5.73 Å². The Morgan fingerprint density at radius 1 is 1.31 bits per heavy atom. The maximum Gasteiger partial charge on any atom is 0.167 e. The SMILES string of the molecule is Cn1ncc2c(-n3ccc(N)n3)ncnc21. The van der Waals surface area contributed by atoms with Crippen LogP contribution in [-0.4, -0.2) is 29.5 Å². The number of rotatable bonds is 1. The van der Waals surface area contributed by atoms with E-state index >= 15 is 0 Å². The molecule has 0 atom stereocenters. The van der Waals surface area contributed by atoms with Crippen LogP contribution in [0.25, 0.3) is 16.9 Å². The van der Waals surface area contributed by atoms with Crippen LogP contribution in [0.2, 0.25) is 0 Å². The highest BCUT2D eigenvalue weighted by molar-refractivity contribution is 5.81. The molecule has 0 saturated heterocycles. The van der Waals surface area contributed by atoms with Crippen LogP contribution >= 0.6 is 0 Å². The van der Waals surface area contributed by atoms with Gasteiger partial charge in [0.15, 0.2) is 11.5 Å². The van der Waals surface area contributed by atoms with E-state index in [2.05, 4.69) is 20.2 Å². The van der Waals surface area contributed by atoms with Gasteiger partial charge in [-0.2, -0.15) is 5.10 Å². The van der Waals surface area contributed by atoms with Crippen molar-refractivity contribution in [1.82, 2.24) is 29.5 Å². The van der Waals surface area contributed by atoms with Gasteiger partial charge in [0.2, 0.25) is 0 Å². The molecule has 7 heteroatoms. The number of fused-ring (bicyclic) bond motifs is 1. The van der Waals surface area contributed by atoms with E-state index in [1.165, 1.54) is 6.33 Å². The molecule has 0 unspecified atom stereocenters. The summed E-state index contributed by atoms with van der Waals surface area (Å²) in [6.07, 6.45) is 4.95. The molecule has 0 fully saturated rings. The van der Waals surface area contributed by atoms with E-state index in [9.17, 15) is 0 Å². The predicted molar refractivity (Wildman–Crippen MR) is 57.8 cm³/mol. The van der Waals surface area contributed by atoms with E-state index in [-0.39, 0.29) is 0 Å². The molecule has 0 aliphatic carbocycles. The van der Waals surface area contributed by atoms with Gasteiger partial charge in [0.05, 0.1) is 11.6 Å². The normalized spacial score (nSPS) is 11.1. The number of anilines is 1. The van der Waals surface area contributed by atoms with Crippen molar-refractivity contribution < 1.29 is 0 Å². The van der Waals surface area contributed by atoms with Crippen LogP contribution in [-0.2, 0) is 7.05 Å². The van der Waals surface area contributed by atoms with Crippen LogP contribution < -0.4 is 5.73 Å². The van der Waals surface area contributed by atoms with E-state index in [0.29, 0.717) is 11.6 Å². The highest BCUT2D eigenvalue weighted by Gasteiger charge is 2.09. The maximum absolute atomic E-state index is 5.57. The lowest BCUT2D eigenvalue weighted by atomic mass is 10.4. The molecular weight excluding hydrogens is 206 g/mol. The Labute approximate surface area is 90.5 Å². The molecule has 0 amide bonds. The number of aromatic nitrogens is 6. The third kappa shape index (κ3) is 1.14. The zero-order chi connectivity index (χ0) is 11.1. The Morgan fingerprint density at radius 3 is 2.94 bits per heavy atom. The Kier molecular flexibility index (Phi) is 1.67. The number of hydrogen-bond acceptors (Lipinski definition) is 5. The quantitative estimate of drug-likeness (QED) is 0.623. The summed E-state index contributed by atoms with van der Waals surface area (Å²) in [5.41, 5.74) is 6.33. The van der Waals surface area contributed by atoms with E-state index < -0.39 is 0 Å². The van der Waals surface area contributed by atoms with Crippen LogP contribution in [0.15, 0.2) is 24.8 Å². The van der Waals surface area contributed by atoms with Gasteiger partial charge in [0, 0.05) is 19.3 Å². The Morgan fingerprint density at radius 2 is 2.19 bits per heavy atom. The molecule has 7 nitrogen and oxygen atoms in total. The fraction of sp³-hybridized carbons (Fsp3) is 0.111. The molecule has 16 heavy (non-hydrogen) atoms. The molecular formula is C9H9N7. The van der Waals surface area contributed by atoms with E-state index in [1.807, 2.05) is 7.05 Å². The van der Waals surface area contributed by atoms with Crippen LogP contribution in [0.1, 0.15) is 0 Å². The van der Waals surface area contributed by atoms with Crippen molar-refractivity contribution in [3.8, 4) is 5.82 Å². The smallest absolute Gasteiger partial charge is 0.167 e. The zero-order valence-electron chi connectivity index (χ0n) is 8.57. The lowest BCUT2D eigenvalue weighted by Gasteiger charge is -2.00. The molecule has 0 spiro atoms. The third-order valence-electron chi connectivity index (χ3n) is 2.34. The van der Waals surface area contributed by atoms with Crippen molar-refractivity contribution in [3.63, 3.8) is 0 Å². The maximum atomic E-state index is 5.57. The van der Waals surface area contributed by atoms with Gasteiger partial charge in [-0.25, -0.2) is 14.6 Å². The number of hydrogen-bond donors (Lipinski definition) is 1. The minimum absolute atomic E-state index is 0.454. The van der Waals surface area contributed by atoms with Crippen molar-refractivity contribution in [2.75, 3.05) is 5.73 Å². The van der Waals surface area contributed by atoms with Gasteiger partial charge in [-0.05, 0) is 0 Å². The number of nitrogen functional groups attached to an aromatic ring is 1. The van der Waals surface area contributed by atoms with Crippen molar-refractivity contribution in [1.29, 1.82) is 0 Å². The average molecular weight is 215 g/mol. The second-order valence-electron chi connectivity index (χ2n) is 3.39. The van der Waals surface area contributed by atoms with Crippen molar-refractivity contribution in [2.45, 2.75) is 0 Å². The van der Waals surface area contributed by atoms with Crippen molar-refractivity contribution >= 4 is 16.9 Å². The summed E-state index contributed by atoms with van der Waals surface area (Å²) in [6.45, 7) is 0. The van der Waals surface area contributed by atoms with Gasteiger partial charge in [-0.3, -0.25) is 4.68 Å². The first-order valence-corrected chi connectivity index (χ1v) is 4.70. The summed E-state index contributed by atoms with van der Waals surface area (Å²) in [6, 6.07) is 1.71. The minimum atomic E-state index is 0.454. The Hall–Kier alpha value is -2.44. The molecule has 2 N–H and O–H groups in total. The number of aryl methyl sites for hydroxylation is 1. The molecule has 80 valence electrons. The lowest BCUT2D eigenvalue weighted by molar-refractivity contribution is 0.784. The zero-order valence-corrected chi connectivity index (χ0v) is 8.57. The van der Waals surface area contributed by atoms with Gasteiger partial charge < -0.3 is 5.73 Å². The van der Waals surface area contributed by atoms with Crippen LogP contribution in [0.4, 0.5) is 5.82 Å². The first-order chi connectivity index (χ1) is 7.75. The Balaban J connectivity index is 2.31. The summed E-state index contributed by atoms with van der Waals surface area (Å²) in [5.74, 6) is 1.13. The van der Waals surface area contributed by atoms with Gasteiger partial charge in [-0.15, -0.1) is 5.10 Å². The summed E-state index contributed by atoms with van der Waals surface area (Å²) in [4.78, 5) is 8.33. The van der Waals surface area contributed by atoms with Crippen LogP contribution in [0, 0.1) is 0 Å². The molecule has 3 heterocycles. The molecule has 0 radical (unpaired) electrons. The summed E-state index contributed by atoms with van der Waals surface area (Å²) >= 11 is 0. The summed E-state index contributed by atoms with van der Waals surface area (Å²) in [5, 5.41) is 9.08. The molecule has 0 aromatic carbocycles. The molecule has 3 rings (SSSR count). The summed E-state index contributed by atoms with van der Waals surface area (Å²) in [7, 11) is 1.83. The second-order valence-corrected chi connectivity index (χ2v) is 3.39. The van der Waals surface area contributed by atoms with Gasteiger partial charge in [-0.1, -0.05) is 0 Å². The van der Waals surface area contributed by atoms with Crippen molar-refractivity contribution in [3.05, 3.63) is 24.8 Å². The van der Waals surface area contributed by atoms with Crippen LogP contribution in [0.5, 0.6) is 0 Å². The Bertz CT molecular complexity index is 651. The minimum Gasteiger partial charge on any atom is -0.382 e. The number of nitrogens with two attached hydrogens (primary N) is 1. The number of nitrogens with zero attached hydrogens (tertiary/aromatic N) is 6. The highest BCUT2D eigenvalue weighted by Crippen LogP contribution is 2.16. The largest absolute Gasteiger partial charge is 0.382 e. The van der Waals surface area contributed by atoms with Crippen LogP contribution in [0.3, 0.4) is 0 Å².